The molecule has 0 radical (unpaired) electrons. The minimum Gasteiger partial charge on any atom is -0.364 e. The van der Waals surface area contributed by atoms with Crippen LogP contribution >= 0.6 is 27.3 Å². The molecule has 7 heteroatoms. The summed E-state index contributed by atoms with van der Waals surface area (Å²) in [5.41, 5.74) is 5.92. The number of rotatable bonds is 4. The van der Waals surface area contributed by atoms with Crippen molar-refractivity contribution in [2.24, 2.45) is 5.73 Å². The van der Waals surface area contributed by atoms with Crippen LogP contribution in [0.5, 0.6) is 0 Å². The van der Waals surface area contributed by atoms with Crippen LogP contribution in [0.25, 0.3) is 0 Å². The van der Waals surface area contributed by atoms with E-state index in [-0.39, 0.29) is 11.5 Å². The van der Waals surface area contributed by atoms with Crippen LogP contribution in [-0.2, 0) is 6.54 Å². The molecule has 0 aliphatic carbocycles. The highest BCUT2D eigenvalue weighted by Crippen LogP contribution is 2.23. The van der Waals surface area contributed by atoms with E-state index in [1.165, 1.54) is 17.4 Å². The lowest BCUT2D eigenvalue weighted by molar-refractivity contribution is 0.0996. The van der Waals surface area contributed by atoms with Crippen LogP contribution in [0.2, 0.25) is 0 Å². The van der Waals surface area contributed by atoms with E-state index in [2.05, 4.69) is 20.9 Å². The second kappa shape index (κ2) is 5.66. The number of carbonyl (C=O) groups excluding carboxylic acids is 1. The lowest BCUT2D eigenvalue weighted by Crippen LogP contribution is -2.18. The highest BCUT2D eigenvalue weighted by atomic mass is 79.9. The zero-order valence-corrected chi connectivity index (χ0v) is 12.5. The van der Waals surface area contributed by atoms with Gasteiger partial charge in [-0.3, -0.25) is 4.79 Å². The van der Waals surface area contributed by atoms with Gasteiger partial charge in [-0.2, -0.15) is 0 Å². The van der Waals surface area contributed by atoms with Gasteiger partial charge in [-0.1, -0.05) is 15.9 Å². The summed E-state index contributed by atoms with van der Waals surface area (Å²) in [6.45, 7) is 0.358. The molecule has 2 N–H and O–H groups in total. The molecule has 19 heavy (non-hydrogen) atoms. The van der Waals surface area contributed by atoms with Gasteiger partial charge in [0.2, 0.25) is 0 Å². The largest absolute Gasteiger partial charge is 0.364 e. The Hall–Kier alpha value is -1.47. The van der Waals surface area contributed by atoms with Gasteiger partial charge < -0.3 is 10.6 Å². The van der Waals surface area contributed by atoms with Crippen molar-refractivity contribution in [1.29, 1.82) is 0 Å². The smallest absolute Gasteiger partial charge is 0.268 e. The number of amides is 1. The average Bonchev–Trinajstić information content (AvgIpc) is 2.83. The summed E-state index contributed by atoms with van der Waals surface area (Å²) < 4.78 is 14.5. The Morgan fingerprint density at radius 1 is 1.58 bits per heavy atom. The number of hydrogen-bond acceptors (Lipinski definition) is 4. The fourth-order valence-electron chi connectivity index (χ4n) is 1.54. The number of nitrogens with zero attached hydrogens (tertiary/aromatic N) is 2. The van der Waals surface area contributed by atoms with E-state index in [1.54, 1.807) is 29.5 Å². The van der Waals surface area contributed by atoms with Gasteiger partial charge in [0.1, 0.15) is 11.5 Å². The van der Waals surface area contributed by atoms with E-state index in [9.17, 15) is 9.18 Å². The molecule has 1 aromatic heterocycles. The first kappa shape index (κ1) is 14.0. The number of aromatic nitrogens is 1. The molecule has 0 saturated carbocycles. The van der Waals surface area contributed by atoms with Gasteiger partial charge in [0, 0.05) is 29.0 Å². The number of hydrogen-bond donors (Lipinski definition) is 1. The first-order valence-electron chi connectivity index (χ1n) is 5.38. The molecule has 0 bridgehead atoms. The zero-order valence-electron chi connectivity index (χ0n) is 10.1. The number of carbonyl (C=O) groups is 1. The number of halogens is 2. The lowest BCUT2D eigenvalue weighted by Gasteiger charge is -2.16. The Morgan fingerprint density at radius 3 is 2.95 bits per heavy atom. The Kier molecular flexibility index (Phi) is 4.16. The Labute approximate surface area is 122 Å². The van der Waals surface area contributed by atoms with Crippen LogP contribution < -0.4 is 10.6 Å². The summed E-state index contributed by atoms with van der Waals surface area (Å²) in [7, 11) is 1.78. The summed E-state index contributed by atoms with van der Waals surface area (Å²) in [6, 6.07) is 4.77. The summed E-state index contributed by atoms with van der Waals surface area (Å²) >= 11 is 4.60. The fraction of sp³-hybridized carbons (Fsp3) is 0.167. The van der Waals surface area contributed by atoms with Crippen LogP contribution in [-0.4, -0.2) is 17.9 Å². The molecule has 0 spiro atoms. The molecule has 2 rings (SSSR count). The van der Waals surface area contributed by atoms with Crippen molar-refractivity contribution in [2.45, 2.75) is 6.54 Å². The molecule has 0 aliphatic rings. The molecule has 0 unspecified atom stereocenters. The van der Waals surface area contributed by atoms with Gasteiger partial charge in [0.15, 0.2) is 5.13 Å². The number of nitrogens with two attached hydrogens (primary N) is 1. The molecular formula is C12H11BrFN3OS. The maximum absolute atomic E-state index is 13.6. The standard InChI is InChI=1S/C12H11BrFN3OS/c1-17(12-16-10(6-19-12)11(15)18)5-7-4-8(13)2-3-9(7)14/h2-4,6H,5H2,1H3,(H2,15,18). The molecule has 0 saturated heterocycles. The van der Waals surface area contributed by atoms with Crippen molar-refractivity contribution in [3.05, 3.63) is 45.1 Å². The molecular weight excluding hydrogens is 333 g/mol. The molecule has 1 heterocycles. The number of benzene rings is 1. The van der Waals surface area contributed by atoms with Gasteiger partial charge in [0.25, 0.3) is 5.91 Å². The SMILES string of the molecule is CN(Cc1cc(Br)ccc1F)c1nc(C(N)=O)cs1. The molecule has 1 aromatic carbocycles. The van der Waals surface area contributed by atoms with Gasteiger partial charge in [-0.15, -0.1) is 11.3 Å². The second-order valence-corrected chi connectivity index (χ2v) is 5.72. The highest BCUT2D eigenvalue weighted by Gasteiger charge is 2.12. The molecule has 2 aromatic rings. The van der Waals surface area contributed by atoms with Crippen LogP contribution in [0.1, 0.15) is 16.1 Å². The lowest BCUT2D eigenvalue weighted by atomic mass is 10.2. The van der Waals surface area contributed by atoms with Crippen molar-refractivity contribution in [3.63, 3.8) is 0 Å². The first-order valence-corrected chi connectivity index (χ1v) is 7.05. The summed E-state index contributed by atoms with van der Waals surface area (Å²) in [4.78, 5) is 16.8. The molecule has 100 valence electrons. The second-order valence-electron chi connectivity index (χ2n) is 3.97. The van der Waals surface area contributed by atoms with E-state index in [4.69, 9.17) is 5.73 Å². The summed E-state index contributed by atoms with van der Waals surface area (Å²) in [6.07, 6.45) is 0. The predicted octanol–water partition coefficient (Wildman–Crippen LogP) is 2.78. The topological polar surface area (TPSA) is 59.2 Å². The van der Waals surface area contributed by atoms with Crippen LogP contribution in [0.3, 0.4) is 0 Å². The number of primary amides is 1. The van der Waals surface area contributed by atoms with Crippen LogP contribution in [0, 0.1) is 5.82 Å². The van der Waals surface area contributed by atoms with Crippen molar-refractivity contribution in [1.82, 2.24) is 4.98 Å². The van der Waals surface area contributed by atoms with Crippen molar-refractivity contribution < 1.29 is 9.18 Å². The summed E-state index contributed by atoms with van der Waals surface area (Å²) in [5.74, 6) is -0.841. The average molecular weight is 344 g/mol. The van der Waals surface area contributed by atoms with E-state index in [1.807, 2.05) is 0 Å². The number of anilines is 1. The highest BCUT2D eigenvalue weighted by molar-refractivity contribution is 9.10. The monoisotopic (exact) mass is 343 g/mol. The van der Waals surface area contributed by atoms with E-state index < -0.39 is 5.91 Å². The molecule has 0 aliphatic heterocycles. The Morgan fingerprint density at radius 2 is 2.32 bits per heavy atom. The van der Waals surface area contributed by atoms with Gasteiger partial charge in [-0.25, -0.2) is 9.37 Å². The zero-order chi connectivity index (χ0) is 14.0. The predicted molar refractivity (Wildman–Crippen MR) is 76.8 cm³/mol. The molecule has 0 atom stereocenters. The van der Waals surface area contributed by atoms with Crippen molar-refractivity contribution in [2.75, 3.05) is 11.9 Å². The van der Waals surface area contributed by atoms with E-state index in [0.29, 0.717) is 17.2 Å². The molecule has 4 nitrogen and oxygen atoms in total. The number of thiazole rings is 1. The van der Waals surface area contributed by atoms with E-state index >= 15 is 0 Å². The van der Waals surface area contributed by atoms with Gasteiger partial charge in [0.05, 0.1) is 0 Å². The summed E-state index contributed by atoms with van der Waals surface area (Å²) in [5, 5.41) is 2.21. The maximum atomic E-state index is 13.6. The minimum atomic E-state index is -0.565. The van der Waals surface area contributed by atoms with Crippen LogP contribution in [0.15, 0.2) is 28.1 Å². The fourth-order valence-corrected chi connectivity index (χ4v) is 2.73. The Bertz CT molecular complexity index is 617. The maximum Gasteiger partial charge on any atom is 0.268 e. The van der Waals surface area contributed by atoms with Gasteiger partial charge in [-0.05, 0) is 18.2 Å². The van der Waals surface area contributed by atoms with Crippen LogP contribution in [0.4, 0.5) is 9.52 Å². The first-order chi connectivity index (χ1) is 8.97. The van der Waals surface area contributed by atoms with Crippen molar-refractivity contribution >= 4 is 38.3 Å². The normalized spacial score (nSPS) is 10.5. The molecule has 0 fully saturated rings. The Balaban J connectivity index is 2.17. The third-order valence-corrected chi connectivity index (χ3v) is 3.93. The van der Waals surface area contributed by atoms with Crippen molar-refractivity contribution in [3.8, 4) is 0 Å². The third-order valence-electron chi connectivity index (χ3n) is 2.49. The van der Waals surface area contributed by atoms with E-state index in [0.717, 1.165) is 4.47 Å². The third kappa shape index (κ3) is 3.30. The molecule has 1 amide bonds. The quantitative estimate of drug-likeness (QED) is 0.928. The van der Waals surface area contributed by atoms with Gasteiger partial charge >= 0.3 is 0 Å². The minimum absolute atomic E-state index is 0.224.